The molecule has 0 saturated heterocycles. The summed E-state index contributed by atoms with van der Waals surface area (Å²) in [6.45, 7) is 4.72. The summed E-state index contributed by atoms with van der Waals surface area (Å²) in [7, 11) is 0. The van der Waals surface area contributed by atoms with Crippen molar-refractivity contribution in [3.63, 3.8) is 0 Å². The fourth-order valence-electron chi connectivity index (χ4n) is 11.3. The summed E-state index contributed by atoms with van der Waals surface area (Å²) in [5.74, 6) is 0. The molecule has 0 aliphatic heterocycles. The Balaban J connectivity index is 1.05. The summed E-state index contributed by atoms with van der Waals surface area (Å²) in [4.78, 5) is 2.47. The molecule has 14 rings (SSSR count). The van der Waals surface area contributed by atoms with Crippen LogP contribution in [-0.4, -0.2) is 4.57 Å². The van der Waals surface area contributed by atoms with Gasteiger partial charge in [0.25, 0.3) is 0 Å². The second kappa shape index (κ2) is 14.4. The van der Waals surface area contributed by atoms with Crippen molar-refractivity contribution in [1.82, 2.24) is 4.57 Å². The highest BCUT2D eigenvalue weighted by Gasteiger charge is 2.35. The third-order valence-electron chi connectivity index (χ3n) is 14.4. The van der Waals surface area contributed by atoms with Crippen molar-refractivity contribution in [2.45, 2.75) is 19.3 Å². The van der Waals surface area contributed by atoms with Crippen LogP contribution in [0, 0.1) is 0 Å². The van der Waals surface area contributed by atoms with Gasteiger partial charge < -0.3 is 13.9 Å². The zero-order valence-electron chi connectivity index (χ0n) is 37.0. The van der Waals surface area contributed by atoms with E-state index in [1.807, 2.05) is 11.3 Å². The first-order valence-electron chi connectivity index (χ1n) is 23.1. The Labute approximate surface area is 392 Å². The van der Waals surface area contributed by atoms with Crippen molar-refractivity contribution in [2.75, 3.05) is 4.90 Å². The van der Waals surface area contributed by atoms with Crippen LogP contribution in [0.5, 0.6) is 0 Å². The lowest BCUT2D eigenvalue weighted by Gasteiger charge is -2.29. The topological polar surface area (TPSA) is 21.3 Å². The molecule has 0 N–H and O–H groups in total. The molecule has 67 heavy (non-hydrogen) atoms. The number of hydrogen-bond acceptors (Lipinski definition) is 3. The third kappa shape index (κ3) is 5.63. The summed E-state index contributed by atoms with van der Waals surface area (Å²) in [6, 6.07) is 80.2. The minimum absolute atomic E-state index is 0.106. The number of nitrogens with zero attached hydrogens (tertiary/aromatic N) is 2. The summed E-state index contributed by atoms with van der Waals surface area (Å²) in [5.41, 5.74) is 18.1. The van der Waals surface area contributed by atoms with E-state index in [1.54, 1.807) is 0 Å². The van der Waals surface area contributed by atoms with Crippen LogP contribution in [0.1, 0.15) is 25.0 Å². The second-order valence-electron chi connectivity index (χ2n) is 18.4. The Morgan fingerprint density at radius 2 is 1.07 bits per heavy atom. The Hall–Kier alpha value is -8.18. The summed E-state index contributed by atoms with van der Waals surface area (Å²) >= 11 is 1.85. The van der Waals surface area contributed by atoms with Crippen LogP contribution < -0.4 is 4.90 Å². The molecule has 0 bridgehead atoms. The van der Waals surface area contributed by atoms with Gasteiger partial charge in [-0.2, -0.15) is 0 Å². The van der Waals surface area contributed by atoms with E-state index < -0.39 is 0 Å². The molecule has 4 heteroatoms. The predicted octanol–water partition coefficient (Wildman–Crippen LogP) is 18.2. The zero-order chi connectivity index (χ0) is 44.4. The molecule has 0 radical (unpaired) electrons. The van der Waals surface area contributed by atoms with Gasteiger partial charge in [-0.1, -0.05) is 153 Å². The second-order valence-corrected chi connectivity index (χ2v) is 19.5. The van der Waals surface area contributed by atoms with E-state index in [0.717, 1.165) is 72.4 Å². The molecule has 0 fully saturated rings. The predicted molar refractivity (Wildman–Crippen MR) is 284 cm³/mol. The van der Waals surface area contributed by atoms with Crippen LogP contribution in [0.4, 0.5) is 17.1 Å². The van der Waals surface area contributed by atoms with Crippen LogP contribution in [0.25, 0.3) is 103 Å². The van der Waals surface area contributed by atoms with Gasteiger partial charge in [0.1, 0.15) is 11.2 Å². The van der Waals surface area contributed by atoms with Gasteiger partial charge in [-0.3, -0.25) is 0 Å². The molecule has 0 spiro atoms. The van der Waals surface area contributed by atoms with Crippen LogP contribution in [0.15, 0.2) is 223 Å². The molecule has 0 unspecified atom stereocenters. The number of para-hydroxylation sites is 4. The highest BCUT2D eigenvalue weighted by atomic mass is 32.1. The van der Waals surface area contributed by atoms with Gasteiger partial charge in [0.05, 0.1) is 28.0 Å². The molecular formula is C63H42N2OS. The first-order valence-corrected chi connectivity index (χ1v) is 23.9. The molecule has 1 aliphatic carbocycles. The number of aromatic nitrogens is 1. The Kier molecular flexibility index (Phi) is 8.20. The molecular weight excluding hydrogens is 833 g/mol. The van der Waals surface area contributed by atoms with E-state index in [4.69, 9.17) is 4.42 Å². The van der Waals surface area contributed by atoms with Crippen LogP contribution in [0.3, 0.4) is 0 Å². The largest absolute Gasteiger partial charge is 0.455 e. The van der Waals surface area contributed by atoms with Gasteiger partial charge >= 0.3 is 0 Å². The highest BCUT2D eigenvalue weighted by Crippen LogP contribution is 2.52. The fraction of sp³-hybridized carbons (Fsp3) is 0.0476. The fourth-order valence-corrected chi connectivity index (χ4v) is 12.4. The lowest BCUT2D eigenvalue weighted by atomic mass is 9.81. The van der Waals surface area contributed by atoms with Crippen molar-refractivity contribution >= 4 is 92.3 Å². The average Bonchev–Trinajstić information content (AvgIpc) is 4.11. The van der Waals surface area contributed by atoms with E-state index >= 15 is 0 Å². The molecule has 316 valence electrons. The maximum absolute atomic E-state index is 7.11. The third-order valence-corrected chi connectivity index (χ3v) is 15.6. The van der Waals surface area contributed by atoms with Gasteiger partial charge in [0, 0.05) is 64.1 Å². The van der Waals surface area contributed by atoms with E-state index in [9.17, 15) is 0 Å². The number of hydrogen-bond donors (Lipinski definition) is 0. The molecule has 1 aliphatic rings. The minimum Gasteiger partial charge on any atom is -0.455 e. The zero-order valence-corrected chi connectivity index (χ0v) is 37.8. The van der Waals surface area contributed by atoms with Crippen molar-refractivity contribution in [1.29, 1.82) is 0 Å². The number of rotatable bonds is 6. The van der Waals surface area contributed by atoms with Gasteiger partial charge in [0.2, 0.25) is 0 Å². The van der Waals surface area contributed by atoms with Gasteiger partial charge in [-0.25, -0.2) is 0 Å². The smallest absolute Gasteiger partial charge is 0.145 e. The van der Waals surface area contributed by atoms with E-state index in [2.05, 4.69) is 242 Å². The maximum atomic E-state index is 7.11. The number of fused-ring (bicyclic) bond motifs is 12. The minimum atomic E-state index is -0.106. The van der Waals surface area contributed by atoms with E-state index in [1.165, 1.54) is 58.8 Å². The van der Waals surface area contributed by atoms with Gasteiger partial charge in [0.15, 0.2) is 0 Å². The highest BCUT2D eigenvalue weighted by molar-refractivity contribution is 7.25. The molecule has 3 aromatic heterocycles. The Bertz CT molecular complexity index is 4110. The number of thiophene rings is 1. The van der Waals surface area contributed by atoms with Crippen LogP contribution in [0.2, 0.25) is 0 Å². The molecule has 0 saturated carbocycles. The van der Waals surface area contributed by atoms with E-state index in [-0.39, 0.29) is 5.41 Å². The maximum Gasteiger partial charge on any atom is 0.145 e. The van der Waals surface area contributed by atoms with Crippen molar-refractivity contribution in [3.05, 3.63) is 230 Å². The van der Waals surface area contributed by atoms with Gasteiger partial charge in [-0.15, -0.1) is 11.3 Å². The molecule has 13 aromatic rings. The standard InChI is InChI=1S/C63H42N2OS/c1-63(2)52-24-9-3-18-43(52)44-32-30-40(37-53(44)63)39-16-15-17-41(36-39)64(42-31-35-60-51(38-42)48-22-8-14-29-59(48)67-60)57-34-33-49-47-21-7-13-28-58(47)66-62(49)61(57)50-23-6-12-27-56(50)65-54-25-10-4-19-45(54)46-20-5-11-26-55(46)65/h3-38H,1-2H3. The van der Waals surface area contributed by atoms with E-state index in [0.29, 0.717) is 0 Å². The molecule has 0 atom stereocenters. The normalized spacial score (nSPS) is 13.0. The van der Waals surface area contributed by atoms with Crippen molar-refractivity contribution in [2.24, 2.45) is 0 Å². The van der Waals surface area contributed by atoms with Gasteiger partial charge in [-0.05, 0) is 112 Å². The van der Waals surface area contributed by atoms with Crippen LogP contribution >= 0.6 is 11.3 Å². The lowest BCUT2D eigenvalue weighted by Crippen LogP contribution is -2.15. The van der Waals surface area contributed by atoms with Crippen molar-refractivity contribution < 1.29 is 4.42 Å². The quantitative estimate of drug-likeness (QED) is 0.166. The summed E-state index contributed by atoms with van der Waals surface area (Å²) in [6.07, 6.45) is 0. The molecule has 10 aromatic carbocycles. The SMILES string of the molecule is CC1(C)c2ccccc2-c2ccc(-c3cccc(N(c4ccc5sc6ccccc6c5c4)c4ccc5c(oc6ccccc65)c4-c4ccccc4-n4c5ccccc5c5ccccc54)c3)cc21. The first-order chi connectivity index (χ1) is 33.0. The average molecular weight is 875 g/mol. The summed E-state index contributed by atoms with van der Waals surface area (Å²) < 4.78 is 12.1. The number of benzene rings is 10. The molecule has 0 amide bonds. The molecule has 3 heterocycles. The number of anilines is 3. The monoisotopic (exact) mass is 874 g/mol. The summed E-state index contributed by atoms with van der Waals surface area (Å²) in [5, 5.41) is 7.15. The first kappa shape index (κ1) is 38.1. The van der Waals surface area contributed by atoms with Crippen molar-refractivity contribution in [3.8, 4) is 39.1 Å². The lowest BCUT2D eigenvalue weighted by molar-refractivity contribution is 0.660. The Morgan fingerprint density at radius 1 is 0.433 bits per heavy atom. The van der Waals surface area contributed by atoms with Crippen LogP contribution in [-0.2, 0) is 5.41 Å². The Morgan fingerprint density at radius 3 is 1.91 bits per heavy atom. The molecule has 3 nitrogen and oxygen atoms in total. The number of furan rings is 1.